The van der Waals surface area contributed by atoms with E-state index in [4.69, 9.17) is 0 Å². The van der Waals surface area contributed by atoms with Crippen molar-refractivity contribution in [3.63, 3.8) is 0 Å². The van der Waals surface area contributed by atoms with Crippen molar-refractivity contribution in [1.29, 1.82) is 0 Å². The first-order valence-corrected chi connectivity index (χ1v) is 5.16. The summed E-state index contributed by atoms with van der Waals surface area (Å²) in [7, 11) is 0. The van der Waals surface area contributed by atoms with Gasteiger partial charge in [0.25, 0.3) is 0 Å². The van der Waals surface area contributed by atoms with Crippen LogP contribution in [0.5, 0.6) is 0 Å². The number of aromatic nitrogens is 2. The standard InChI is InChI=1S/C10H7IN2O/c1-6-4-12-9-3-7(5-14)2-8(11)10(9)13-6/h2-5H,1H3. The van der Waals surface area contributed by atoms with Gasteiger partial charge in [0.05, 0.1) is 11.2 Å². The van der Waals surface area contributed by atoms with Gasteiger partial charge in [-0.2, -0.15) is 0 Å². The van der Waals surface area contributed by atoms with Crippen LogP contribution in [0.1, 0.15) is 16.1 Å². The summed E-state index contributed by atoms with van der Waals surface area (Å²) < 4.78 is 0.957. The largest absolute Gasteiger partial charge is 0.298 e. The Labute approximate surface area is 94.7 Å². The molecule has 2 rings (SSSR count). The third kappa shape index (κ3) is 1.61. The molecule has 0 radical (unpaired) electrons. The minimum absolute atomic E-state index is 0.639. The number of aldehydes is 1. The smallest absolute Gasteiger partial charge is 0.150 e. The van der Waals surface area contributed by atoms with Crippen LogP contribution >= 0.6 is 22.6 Å². The number of fused-ring (bicyclic) bond motifs is 1. The molecule has 1 aromatic carbocycles. The molecule has 3 nitrogen and oxygen atoms in total. The van der Waals surface area contributed by atoms with Crippen LogP contribution in [0.2, 0.25) is 0 Å². The first kappa shape index (κ1) is 9.51. The molecule has 0 unspecified atom stereocenters. The molecule has 70 valence electrons. The number of nitrogens with zero attached hydrogens (tertiary/aromatic N) is 2. The van der Waals surface area contributed by atoms with Gasteiger partial charge in [-0.15, -0.1) is 0 Å². The number of carbonyl (C=O) groups excluding carboxylic acids is 1. The van der Waals surface area contributed by atoms with Gasteiger partial charge in [0.2, 0.25) is 0 Å². The molecular formula is C10H7IN2O. The van der Waals surface area contributed by atoms with Crippen LogP contribution in [-0.2, 0) is 0 Å². The molecule has 0 spiro atoms. The Bertz CT molecular complexity index is 511. The molecule has 0 aliphatic carbocycles. The minimum Gasteiger partial charge on any atom is -0.298 e. The van der Waals surface area contributed by atoms with Crippen LogP contribution in [0.4, 0.5) is 0 Å². The van der Waals surface area contributed by atoms with Gasteiger partial charge in [0.1, 0.15) is 11.8 Å². The van der Waals surface area contributed by atoms with E-state index in [2.05, 4.69) is 32.6 Å². The Balaban J connectivity index is 2.82. The fraction of sp³-hybridized carbons (Fsp3) is 0.100. The average Bonchev–Trinajstić information content (AvgIpc) is 2.19. The van der Waals surface area contributed by atoms with Gasteiger partial charge < -0.3 is 0 Å². The highest BCUT2D eigenvalue weighted by atomic mass is 127. The van der Waals surface area contributed by atoms with E-state index in [0.717, 1.165) is 26.6 Å². The zero-order valence-corrected chi connectivity index (χ0v) is 9.65. The number of rotatable bonds is 1. The van der Waals surface area contributed by atoms with Crippen molar-refractivity contribution in [2.45, 2.75) is 6.92 Å². The van der Waals surface area contributed by atoms with Gasteiger partial charge in [-0.05, 0) is 41.6 Å². The van der Waals surface area contributed by atoms with Gasteiger partial charge in [-0.3, -0.25) is 9.78 Å². The second-order valence-corrected chi connectivity index (χ2v) is 4.16. The number of aryl methyl sites for hydroxylation is 1. The predicted molar refractivity (Wildman–Crippen MR) is 62.4 cm³/mol. The van der Waals surface area contributed by atoms with Crippen LogP contribution in [-0.4, -0.2) is 16.3 Å². The van der Waals surface area contributed by atoms with Crippen molar-refractivity contribution in [3.8, 4) is 0 Å². The molecule has 1 aromatic heterocycles. The molecular weight excluding hydrogens is 291 g/mol. The highest BCUT2D eigenvalue weighted by Crippen LogP contribution is 2.18. The van der Waals surface area contributed by atoms with E-state index >= 15 is 0 Å². The van der Waals surface area contributed by atoms with Crippen molar-refractivity contribution in [1.82, 2.24) is 9.97 Å². The Morgan fingerprint density at radius 3 is 2.93 bits per heavy atom. The van der Waals surface area contributed by atoms with Gasteiger partial charge in [-0.1, -0.05) is 0 Å². The third-order valence-electron chi connectivity index (χ3n) is 1.88. The van der Waals surface area contributed by atoms with Gasteiger partial charge in [0, 0.05) is 15.3 Å². The van der Waals surface area contributed by atoms with Crippen LogP contribution in [0.25, 0.3) is 11.0 Å². The molecule has 0 atom stereocenters. The number of halogens is 1. The molecule has 0 aliphatic heterocycles. The molecule has 0 fully saturated rings. The van der Waals surface area contributed by atoms with Gasteiger partial charge >= 0.3 is 0 Å². The van der Waals surface area contributed by atoms with Crippen molar-refractivity contribution >= 4 is 39.9 Å². The molecule has 0 amide bonds. The maximum Gasteiger partial charge on any atom is 0.150 e. The number of carbonyl (C=O) groups is 1. The molecule has 14 heavy (non-hydrogen) atoms. The summed E-state index contributed by atoms with van der Waals surface area (Å²) in [4.78, 5) is 19.2. The second kappa shape index (κ2) is 3.61. The van der Waals surface area contributed by atoms with Gasteiger partial charge in [-0.25, -0.2) is 4.98 Å². The first-order chi connectivity index (χ1) is 6.70. The Kier molecular flexibility index (Phi) is 2.45. The van der Waals surface area contributed by atoms with Crippen molar-refractivity contribution < 1.29 is 4.79 Å². The molecule has 0 aliphatic rings. The van der Waals surface area contributed by atoms with Crippen molar-refractivity contribution in [3.05, 3.63) is 33.2 Å². The van der Waals surface area contributed by atoms with Crippen molar-refractivity contribution in [2.24, 2.45) is 0 Å². The molecule has 0 N–H and O–H groups in total. The van der Waals surface area contributed by atoms with Crippen LogP contribution < -0.4 is 0 Å². The maximum atomic E-state index is 10.6. The molecule has 0 saturated carbocycles. The van der Waals surface area contributed by atoms with E-state index in [1.54, 1.807) is 12.3 Å². The second-order valence-electron chi connectivity index (χ2n) is 3.00. The quantitative estimate of drug-likeness (QED) is 0.599. The lowest BCUT2D eigenvalue weighted by Gasteiger charge is -2.01. The summed E-state index contributed by atoms with van der Waals surface area (Å²) in [5.74, 6) is 0. The fourth-order valence-corrected chi connectivity index (χ4v) is 2.01. The topological polar surface area (TPSA) is 42.9 Å². The van der Waals surface area contributed by atoms with Crippen LogP contribution in [0.15, 0.2) is 18.3 Å². The Hall–Kier alpha value is -1.04. The van der Waals surface area contributed by atoms with Gasteiger partial charge in [0.15, 0.2) is 0 Å². The van der Waals surface area contributed by atoms with E-state index < -0.39 is 0 Å². The van der Waals surface area contributed by atoms with E-state index in [1.807, 2.05) is 13.0 Å². The summed E-state index contributed by atoms with van der Waals surface area (Å²) in [5, 5.41) is 0. The molecule has 4 heteroatoms. The van der Waals surface area contributed by atoms with Crippen LogP contribution in [0, 0.1) is 10.5 Å². The fourth-order valence-electron chi connectivity index (χ4n) is 1.25. The SMILES string of the molecule is Cc1cnc2cc(C=O)cc(I)c2n1. The highest BCUT2D eigenvalue weighted by molar-refractivity contribution is 14.1. The molecule has 0 bridgehead atoms. The normalized spacial score (nSPS) is 10.4. The summed E-state index contributed by atoms with van der Waals surface area (Å²) >= 11 is 2.16. The molecule has 1 heterocycles. The average molecular weight is 298 g/mol. The summed E-state index contributed by atoms with van der Waals surface area (Å²) in [6, 6.07) is 3.56. The lowest BCUT2D eigenvalue weighted by Crippen LogP contribution is -1.92. The lowest BCUT2D eigenvalue weighted by molar-refractivity contribution is 0.112. The minimum atomic E-state index is 0.639. The first-order valence-electron chi connectivity index (χ1n) is 4.09. The number of hydrogen-bond donors (Lipinski definition) is 0. The Morgan fingerprint density at radius 1 is 1.43 bits per heavy atom. The zero-order valence-electron chi connectivity index (χ0n) is 7.49. The van der Waals surface area contributed by atoms with E-state index in [-0.39, 0.29) is 0 Å². The van der Waals surface area contributed by atoms with E-state index in [0.29, 0.717) is 5.56 Å². The third-order valence-corrected chi connectivity index (χ3v) is 2.70. The Morgan fingerprint density at radius 2 is 2.21 bits per heavy atom. The summed E-state index contributed by atoms with van der Waals surface area (Å²) in [6.07, 6.45) is 2.52. The zero-order chi connectivity index (χ0) is 10.1. The summed E-state index contributed by atoms with van der Waals surface area (Å²) in [5.41, 5.74) is 3.15. The summed E-state index contributed by atoms with van der Waals surface area (Å²) in [6.45, 7) is 1.90. The highest BCUT2D eigenvalue weighted by Gasteiger charge is 2.03. The number of hydrogen-bond acceptors (Lipinski definition) is 3. The van der Waals surface area contributed by atoms with E-state index in [1.165, 1.54) is 0 Å². The number of benzene rings is 1. The monoisotopic (exact) mass is 298 g/mol. The molecule has 0 saturated heterocycles. The van der Waals surface area contributed by atoms with Crippen molar-refractivity contribution in [2.75, 3.05) is 0 Å². The molecule has 2 aromatic rings. The lowest BCUT2D eigenvalue weighted by atomic mass is 10.2. The maximum absolute atomic E-state index is 10.6. The predicted octanol–water partition coefficient (Wildman–Crippen LogP) is 2.36. The van der Waals surface area contributed by atoms with Crippen LogP contribution in [0.3, 0.4) is 0 Å². The van der Waals surface area contributed by atoms with E-state index in [9.17, 15) is 4.79 Å².